The average Bonchev–Trinajstić information content (AvgIpc) is 2.81. The molecule has 0 aliphatic rings. The Bertz CT molecular complexity index is 1250. The van der Waals surface area contributed by atoms with Crippen molar-refractivity contribution in [2.24, 2.45) is 0 Å². The Labute approximate surface area is 195 Å². The maximum absolute atomic E-state index is 16.1. The highest BCUT2D eigenvalue weighted by Gasteiger charge is 2.25. The molecule has 0 atom stereocenters. The summed E-state index contributed by atoms with van der Waals surface area (Å²) in [5.74, 6) is -0.362. The summed E-state index contributed by atoms with van der Waals surface area (Å²) in [4.78, 5) is 0. The minimum Gasteiger partial charge on any atom is -0.205 e. The standard InChI is InChI=1S/C30H28ClF/c1-5-21-12-16-22(17-13-21)26-25(6-2)27(24-9-7-8-20(4)18-24)29(31)30(32)28(26)23-14-10-19(3)11-15-23/h7-18H,5-6H2,1-4H3. The van der Waals surface area contributed by atoms with Gasteiger partial charge in [-0.25, -0.2) is 4.39 Å². The van der Waals surface area contributed by atoms with Gasteiger partial charge in [0.1, 0.15) is 0 Å². The molecular weight excluding hydrogens is 415 g/mol. The van der Waals surface area contributed by atoms with Gasteiger partial charge in [0.2, 0.25) is 0 Å². The van der Waals surface area contributed by atoms with Crippen LogP contribution in [0.5, 0.6) is 0 Å². The molecule has 0 heterocycles. The molecule has 4 rings (SSSR count). The van der Waals surface area contributed by atoms with Crippen LogP contribution >= 0.6 is 11.6 Å². The SMILES string of the molecule is CCc1ccc(-c2c(CC)c(-c3cccc(C)c3)c(Cl)c(F)c2-c2ccc(C)cc2)cc1. The van der Waals surface area contributed by atoms with E-state index in [-0.39, 0.29) is 10.8 Å². The Balaban J connectivity index is 2.12. The summed E-state index contributed by atoms with van der Waals surface area (Å²) in [5, 5.41) is 0.192. The van der Waals surface area contributed by atoms with E-state index in [1.807, 2.05) is 56.3 Å². The third kappa shape index (κ3) is 4.10. The number of benzene rings is 4. The Morgan fingerprint density at radius 3 is 1.88 bits per heavy atom. The van der Waals surface area contributed by atoms with Gasteiger partial charge >= 0.3 is 0 Å². The normalized spacial score (nSPS) is 11.1. The van der Waals surface area contributed by atoms with Crippen LogP contribution in [-0.2, 0) is 12.8 Å². The zero-order valence-corrected chi connectivity index (χ0v) is 19.9. The molecule has 0 aliphatic heterocycles. The van der Waals surface area contributed by atoms with Gasteiger partial charge in [-0.3, -0.25) is 0 Å². The van der Waals surface area contributed by atoms with Crippen molar-refractivity contribution in [2.45, 2.75) is 40.5 Å². The predicted molar refractivity (Wildman–Crippen MR) is 136 cm³/mol. The van der Waals surface area contributed by atoms with Crippen molar-refractivity contribution in [3.05, 3.63) is 106 Å². The quantitative estimate of drug-likeness (QED) is 0.289. The summed E-state index contributed by atoms with van der Waals surface area (Å²) in [6.07, 6.45) is 1.71. The number of hydrogen-bond donors (Lipinski definition) is 0. The number of halogens is 2. The fraction of sp³-hybridized carbons (Fsp3) is 0.200. The molecular formula is C30H28ClF. The van der Waals surface area contributed by atoms with Gasteiger partial charge in [-0.15, -0.1) is 0 Å². The minimum absolute atomic E-state index is 0.192. The molecule has 32 heavy (non-hydrogen) atoms. The molecule has 0 aromatic heterocycles. The molecule has 0 nitrogen and oxygen atoms in total. The van der Waals surface area contributed by atoms with Gasteiger partial charge in [0.15, 0.2) is 5.82 Å². The summed E-state index contributed by atoms with van der Waals surface area (Å²) < 4.78 is 16.1. The first-order valence-corrected chi connectivity index (χ1v) is 11.6. The predicted octanol–water partition coefficient (Wildman–Crippen LogP) is 9.22. The summed E-state index contributed by atoms with van der Waals surface area (Å²) in [6.45, 7) is 8.34. The van der Waals surface area contributed by atoms with Crippen LogP contribution in [0.4, 0.5) is 4.39 Å². The van der Waals surface area contributed by atoms with E-state index in [1.165, 1.54) is 5.56 Å². The largest absolute Gasteiger partial charge is 0.205 e. The molecule has 0 N–H and O–H groups in total. The van der Waals surface area contributed by atoms with Crippen molar-refractivity contribution >= 4 is 11.6 Å². The lowest BCUT2D eigenvalue weighted by Crippen LogP contribution is -2.02. The van der Waals surface area contributed by atoms with Crippen molar-refractivity contribution in [1.29, 1.82) is 0 Å². The maximum Gasteiger partial charge on any atom is 0.150 e. The van der Waals surface area contributed by atoms with Crippen LogP contribution in [0.2, 0.25) is 5.02 Å². The molecule has 4 aromatic carbocycles. The van der Waals surface area contributed by atoms with E-state index in [4.69, 9.17) is 11.6 Å². The van der Waals surface area contributed by atoms with Crippen molar-refractivity contribution in [3.8, 4) is 33.4 Å². The molecule has 0 fully saturated rings. The lowest BCUT2D eigenvalue weighted by Gasteiger charge is -2.22. The smallest absolute Gasteiger partial charge is 0.150 e. The second-order valence-corrected chi connectivity index (χ2v) is 8.75. The highest BCUT2D eigenvalue weighted by molar-refractivity contribution is 6.34. The average molecular weight is 443 g/mol. The van der Waals surface area contributed by atoms with Gasteiger partial charge in [0, 0.05) is 11.1 Å². The van der Waals surface area contributed by atoms with Crippen LogP contribution in [0.25, 0.3) is 33.4 Å². The Hall–Kier alpha value is -2.90. The molecule has 0 unspecified atom stereocenters. The highest BCUT2D eigenvalue weighted by Crippen LogP contribution is 2.46. The molecule has 0 amide bonds. The van der Waals surface area contributed by atoms with Crippen molar-refractivity contribution in [2.75, 3.05) is 0 Å². The second kappa shape index (κ2) is 9.30. The molecule has 0 bridgehead atoms. The number of rotatable bonds is 5. The Morgan fingerprint density at radius 2 is 1.28 bits per heavy atom. The monoisotopic (exact) mass is 442 g/mol. The Kier molecular flexibility index (Phi) is 6.48. The van der Waals surface area contributed by atoms with Gasteiger partial charge < -0.3 is 0 Å². The van der Waals surface area contributed by atoms with Crippen molar-refractivity contribution in [3.63, 3.8) is 0 Å². The summed E-state index contributed by atoms with van der Waals surface area (Å²) >= 11 is 6.78. The van der Waals surface area contributed by atoms with E-state index in [9.17, 15) is 0 Å². The molecule has 0 radical (unpaired) electrons. The first-order valence-electron chi connectivity index (χ1n) is 11.2. The van der Waals surface area contributed by atoms with Gasteiger partial charge in [-0.1, -0.05) is 109 Å². The van der Waals surface area contributed by atoms with E-state index in [2.05, 4.69) is 44.2 Å². The topological polar surface area (TPSA) is 0 Å². The Morgan fingerprint density at radius 1 is 0.656 bits per heavy atom. The van der Waals surface area contributed by atoms with Crippen LogP contribution in [0.15, 0.2) is 72.8 Å². The number of hydrogen-bond acceptors (Lipinski definition) is 0. The van der Waals surface area contributed by atoms with Gasteiger partial charge in [0.25, 0.3) is 0 Å². The van der Waals surface area contributed by atoms with Crippen LogP contribution in [-0.4, -0.2) is 0 Å². The van der Waals surface area contributed by atoms with Crippen LogP contribution in [0, 0.1) is 19.7 Å². The zero-order chi connectivity index (χ0) is 22.8. The summed E-state index contributed by atoms with van der Waals surface area (Å²) in [5.41, 5.74) is 9.70. The maximum atomic E-state index is 16.1. The van der Waals surface area contributed by atoms with Crippen LogP contribution in [0.3, 0.4) is 0 Å². The van der Waals surface area contributed by atoms with E-state index in [1.54, 1.807) is 0 Å². The first kappa shape index (κ1) is 22.3. The fourth-order valence-electron chi connectivity index (χ4n) is 4.41. The summed E-state index contributed by atoms with van der Waals surface area (Å²) in [6, 6.07) is 24.6. The second-order valence-electron chi connectivity index (χ2n) is 8.37. The molecule has 0 aliphatic carbocycles. The summed E-state index contributed by atoms with van der Waals surface area (Å²) in [7, 11) is 0. The molecule has 162 valence electrons. The zero-order valence-electron chi connectivity index (χ0n) is 19.1. The van der Waals surface area contributed by atoms with Gasteiger partial charge in [0.05, 0.1) is 5.02 Å². The van der Waals surface area contributed by atoms with Gasteiger partial charge in [-0.2, -0.15) is 0 Å². The van der Waals surface area contributed by atoms with E-state index >= 15 is 4.39 Å². The lowest BCUT2D eigenvalue weighted by molar-refractivity contribution is 0.632. The molecule has 0 saturated heterocycles. The van der Waals surface area contributed by atoms with Crippen molar-refractivity contribution < 1.29 is 4.39 Å². The highest BCUT2D eigenvalue weighted by atomic mass is 35.5. The van der Waals surface area contributed by atoms with Crippen molar-refractivity contribution in [1.82, 2.24) is 0 Å². The van der Waals surface area contributed by atoms with Crippen LogP contribution < -0.4 is 0 Å². The van der Waals surface area contributed by atoms with E-state index in [0.29, 0.717) is 5.56 Å². The minimum atomic E-state index is -0.362. The number of aryl methyl sites for hydroxylation is 3. The third-order valence-corrected chi connectivity index (χ3v) is 6.49. The third-order valence-electron chi connectivity index (χ3n) is 6.14. The van der Waals surface area contributed by atoms with Gasteiger partial charge in [-0.05, 0) is 60.1 Å². The molecule has 0 saturated carbocycles. The molecule has 2 heteroatoms. The fourth-order valence-corrected chi connectivity index (χ4v) is 4.73. The lowest BCUT2D eigenvalue weighted by atomic mass is 9.83. The molecule has 4 aromatic rings. The molecule has 0 spiro atoms. The first-order chi connectivity index (χ1) is 15.4. The van der Waals surface area contributed by atoms with E-state index < -0.39 is 0 Å². The van der Waals surface area contributed by atoms with Crippen LogP contribution in [0.1, 0.15) is 36.1 Å². The van der Waals surface area contributed by atoms with E-state index in [0.717, 1.165) is 57.3 Å².